The first kappa shape index (κ1) is 37.1. The van der Waals surface area contributed by atoms with Crippen LogP contribution in [0.1, 0.15) is 11.1 Å². The summed E-state index contributed by atoms with van der Waals surface area (Å²) in [5.74, 6) is 0.768. The van der Waals surface area contributed by atoms with Gasteiger partial charge in [0.05, 0.1) is 56.7 Å². The molecule has 7 aromatic carbocycles. The molecule has 0 radical (unpaired) electrons. The molecule has 0 N–H and O–H groups in total. The second-order valence-electron chi connectivity index (χ2n) is 14.5. The molecule has 0 aliphatic carbocycles. The smallest absolute Gasteiger partial charge is 0.308 e. The van der Waals surface area contributed by atoms with E-state index in [1.165, 1.54) is 12.1 Å². The molecule has 0 saturated heterocycles. The molecule has 9 heteroatoms. The second-order valence-corrected chi connectivity index (χ2v) is 14.5. The van der Waals surface area contributed by atoms with Gasteiger partial charge in [-0.3, -0.25) is 0 Å². The monoisotopic (exact) mass is 796 g/mol. The molecule has 6 nitrogen and oxygen atoms in total. The molecule has 0 aliphatic heterocycles. The summed E-state index contributed by atoms with van der Waals surface area (Å²) in [6.45, 7) is 0. The highest BCUT2D eigenvalue weighted by Gasteiger charge is 2.32. The number of rotatable bonds is 7. The zero-order valence-corrected chi connectivity index (χ0v) is 32.2. The van der Waals surface area contributed by atoms with E-state index in [0.717, 1.165) is 28.3 Å². The Hall–Kier alpha value is -8.22. The van der Waals surface area contributed by atoms with Gasteiger partial charge in [-0.25, -0.2) is 19.9 Å². The lowest BCUT2D eigenvalue weighted by Crippen LogP contribution is -2.07. The molecular weight excluding hydrogens is 766 g/mol. The van der Waals surface area contributed by atoms with Gasteiger partial charge in [0.2, 0.25) is 0 Å². The number of nitriles is 1. The minimum Gasteiger partial charge on any atom is -0.308 e. The number of alkyl halides is 3. The Morgan fingerprint density at radius 3 is 1.44 bits per heavy atom. The lowest BCUT2D eigenvalue weighted by Gasteiger charge is -2.20. The number of hydrogen-bond donors (Lipinski definition) is 0. The van der Waals surface area contributed by atoms with Crippen molar-refractivity contribution in [3.63, 3.8) is 0 Å². The van der Waals surface area contributed by atoms with Gasteiger partial charge in [0.1, 0.15) is 0 Å². The highest BCUT2D eigenvalue weighted by atomic mass is 19.4. The minimum absolute atomic E-state index is 0.310. The van der Waals surface area contributed by atoms with Crippen molar-refractivity contribution in [3.8, 4) is 79.6 Å². The maximum Gasteiger partial charge on any atom is 0.416 e. The van der Waals surface area contributed by atoms with Gasteiger partial charge >= 0.3 is 6.18 Å². The quantitative estimate of drug-likeness (QED) is 0.160. The van der Waals surface area contributed by atoms with Crippen LogP contribution in [0.25, 0.3) is 95.3 Å². The predicted octanol–water partition coefficient (Wildman–Crippen LogP) is 13.3. The normalized spacial score (nSPS) is 11.5. The van der Waals surface area contributed by atoms with Crippen LogP contribution in [0, 0.1) is 11.3 Å². The third kappa shape index (κ3) is 6.96. The molecule has 290 valence electrons. The van der Waals surface area contributed by atoms with Crippen LogP contribution in [0.15, 0.2) is 188 Å². The fourth-order valence-corrected chi connectivity index (χ4v) is 7.84. The van der Waals surface area contributed by atoms with Crippen LogP contribution in [-0.4, -0.2) is 24.5 Å². The number of para-hydroxylation sites is 1. The van der Waals surface area contributed by atoms with E-state index in [2.05, 4.69) is 6.07 Å². The van der Waals surface area contributed by atoms with Crippen LogP contribution in [0.5, 0.6) is 0 Å². The lowest BCUT2D eigenvalue weighted by molar-refractivity contribution is -0.137. The van der Waals surface area contributed by atoms with Gasteiger partial charge < -0.3 is 4.57 Å². The number of nitrogens with zero attached hydrogens (tertiary/aromatic N) is 6. The Labute approximate surface area is 348 Å². The van der Waals surface area contributed by atoms with E-state index in [4.69, 9.17) is 19.9 Å². The zero-order chi connectivity index (χ0) is 41.5. The SMILES string of the molecule is N#Cc1cc(-c2cc(-c3ccccc3)nc(-c3ccccc3)n2)c(-n2c3ccccc3c3cc(C(F)(F)F)ccc32)c(-c2nc(-c3ccccc3)cc(-c3ccccc3)n2)c1. The maximum atomic E-state index is 14.3. The number of fused-ring (bicyclic) bond motifs is 3. The summed E-state index contributed by atoms with van der Waals surface area (Å²) in [7, 11) is 0. The molecule has 0 saturated carbocycles. The molecule has 10 aromatic rings. The molecule has 0 fully saturated rings. The van der Waals surface area contributed by atoms with Crippen molar-refractivity contribution >= 4 is 21.8 Å². The second kappa shape index (κ2) is 15.2. The van der Waals surface area contributed by atoms with Crippen LogP contribution >= 0.6 is 0 Å². The first-order chi connectivity index (χ1) is 29.8. The summed E-state index contributed by atoms with van der Waals surface area (Å²) in [4.78, 5) is 20.6. The Morgan fingerprint density at radius 2 is 0.885 bits per heavy atom. The van der Waals surface area contributed by atoms with Crippen molar-refractivity contribution in [2.75, 3.05) is 0 Å². The Morgan fingerprint density at radius 1 is 0.426 bits per heavy atom. The largest absolute Gasteiger partial charge is 0.416 e. The number of hydrogen-bond acceptors (Lipinski definition) is 5. The van der Waals surface area contributed by atoms with Crippen molar-refractivity contribution in [1.29, 1.82) is 5.26 Å². The van der Waals surface area contributed by atoms with Gasteiger partial charge in [-0.1, -0.05) is 140 Å². The minimum atomic E-state index is -4.57. The molecule has 10 rings (SSSR count). The average molecular weight is 797 g/mol. The fourth-order valence-electron chi connectivity index (χ4n) is 7.84. The van der Waals surface area contributed by atoms with Crippen molar-refractivity contribution in [1.82, 2.24) is 24.5 Å². The van der Waals surface area contributed by atoms with Crippen molar-refractivity contribution in [3.05, 3.63) is 199 Å². The van der Waals surface area contributed by atoms with E-state index in [9.17, 15) is 18.4 Å². The van der Waals surface area contributed by atoms with Crippen molar-refractivity contribution < 1.29 is 13.2 Å². The fraction of sp³-hybridized carbons (Fsp3) is 0.0192. The van der Waals surface area contributed by atoms with Crippen LogP contribution in [0.3, 0.4) is 0 Å². The lowest BCUT2D eigenvalue weighted by atomic mass is 9.97. The summed E-state index contributed by atoms with van der Waals surface area (Å²) in [6.07, 6.45) is -4.57. The number of benzene rings is 7. The molecular formula is C52H31F3N6. The zero-order valence-electron chi connectivity index (χ0n) is 32.2. The first-order valence-electron chi connectivity index (χ1n) is 19.5. The molecule has 0 aliphatic rings. The molecule has 0 amide bonds. The number of aromatic nitrogens is 5. The summed E-state index contributed by atoms with van der Waals surface area (Å²) in [5.41, 5.74) is 8.03. The molecule has 0 unspecified atom stereocenters. The molecule has 61 heavy (non-hydrogen) atoms. The summed E-state index contributed by atoms with van der Waals surface area (Å²) < 4.78 is 45.0. The maximum absolute atomic E-state index is 14.3. The van der Waals surface area contributed by atoms with Gasteiger partial charge in [0, 0.05) is 44.2 Å². The van der Waals surface area contributed by atoms with Crippen molar-refractivity contribution in [2.45, 2.75) is 6.18 Å². The van der Waals surface area contributed by atoms with Crippen LogP contribution in [0.2, 0.25) is 0 Å². The van der Waals surface area contributed by atoms with Crippen LogP contribution < -0.4 is 0 Å². The topological polar surface area (TPSA) is 80.3 Å². The van der Waals surface area contributed by atoms with Crippen LogP contribution in [-0.2, 0) is 6.18 Å². The molecule has 0 bridgehead atoms. The number of halogens is 3. The first-order valence-corrected chi connectivity index (χ1v) is 19.5. The summed E-state index contributed by atoms with van der Waals surface area (Å²) in [5, 5.41) is 11.8. The standard InChI is InChI=1S/C52H31F3N6/c53-52(54,55)38-25-26-48-40(29-38)39-23-13-14-24-47(39)61(48)49-41(46-31-45(36-19-9-3-10-20-36)57-50(60-46)37-21-11-4-12-22-37)27-33(32-56)28-42(49)51-58-43(34-15-5-1-6-16-34)30-44(59-51)35-17-7-2-8-18-35/h1-31H. The highest BCUT2D eigenvalue weighted by molar-refractivity contribution is 6.11. The van der Waals surface area contributed by atoms with Gasteiger partial charge in [0.25, 0.3) is 0 Å². The van der Waals surface area contributed by atoms with E-state index in [1.54, 1.807) is 12.1 Å². The van der Waals surface area contributed by atoms with Gasteiger partial charge in [-0.05, 0) is 48.5 Å². The van der Waals surface area contributed by atoms with Gasteiger partial charge in [-0.2, -0.15) is 18.4 Å². The van der Waals surface area contributed by atoms with E-state index >= 15 is 0 Å². The van der Waals surface area contributed by atoms with Gasteiger partial charge in [-0.15, -0.1) is 0 Å². The average Bonchev–Trinajstić information content (AvgIpc) is 3.65. The Balaban J connectivity index is 1.37. The van der Waals surface area contributed by atoms with Crippen LogP contribution in [0.4, 0.5) is 13.2 Å². The third-order valence-electron chi connectivity index (χ3n) is 10.7. The summed E-state index contributed by atoms with van der Waals surface area (Å²) >= 11 is 0. The van der Waals surface area contributed by atoms with Gasteiger partial charge in [0.15, 0.2) is 11.6 Å². The Bertz CT molecular complexity index is 3020. The highest BCUT2D eigenvalue weighted by Crippen LogP contribution is 2.44. The van der Waals surface area contributed by atoms with E-state index in [-0.39, 0.29) is 0 Å². The Kier molecular flexibility index (Phi) is 9.23. The van der Waals surface area contributed by atoms with Crippen molar-refractivity contribution in [2.24, 2.45) is 0 Å². The summed E-state index contributed by atoms with van der Waals surface area (Å²) in [6, 6.07) is 59.8. The third-order valence-corrected chi connectivity index (χ3v) is 10.7. The van der Waals surface area contributed by atoms with E-state index in [0.29, 0.717) is 78.6 Å². The molecule has 0 atom stereocenters. The molecule has 0 spiro atoms. The van der Waals surface area contributed by atoms with E-state index in [1.807, 2.05) is 162 Å². The van der Waals surface area contributed by atoms with E-state index < -0.39 is 11.7 Å². The molecule has 3 aromatic heterocycles. The molecule has 3 heterocycles. The predicted molar refractivity (Wildman–Crippen MR) is 234 cm³/mol.